The Kier molecular flexibility index (Phi) is 8.17. The number of guanidine groups is 1. The van der Waals surface area contributed by atoms with Crippen LogP contribution in [-0.2, 0) is 20.7 Å². The van der Waals surface area contributed by atoms with Crippen LogP contribution in [0.25, 0.3) is 0 Å². The Balaban J connectivity index is 2.36. The van der Waals surface area contributed by atoms with E-state index in [1.807, 2.05) is 6.07 Å². The first-order valence-corrected chi connectivity index (χ1v) is 9.76. The lowest BCUT2D eigenvalue weighted by atomic mass is 10.1. The maximum Gasteiger partial charge on any atom is 0.430 e. The van der Waals surface area contributed by atoms with Gasteiger partial charge in [-0.25, -0.2) is 19.6 Å². The van der Waals surface area contributed by atoms with Crippen LogP contribution in [0.2, 0.25) is 0 Å². The number of hydrogen-bond acceptors (Lipinski definition) is 6. The second-order valence-electron chi connectivity index (χ2n) is 7.76. The number of carbonyl (C=O) groups excluding carboxylic acids is 3. The third kappa shape index (κ3) is 7.63. The Morgan fingerprint density at radius 1 is 1.12 bits per heavy atom. The van der Waals surface area contributed by atoms with Crippen LogP contribution in [0.1, 0.15) is 26.3 Å². The standard InChI is InChI=1S/C22H27N5O5/c1-22(2,3)32-21(30)27(25-14-28)18(12-15-8-5-4-6-9-15)19(29)31-17-11-7-10-16(13-17)26-20(23)24/h4-11,13-14,18H,12H2,1-3H3,(H,25,28)(H4,23,24,26)/t18-/m1/s1. The summed E-state index contributed by atoms with van der Waals surface area (Å²) in [5.74, 6) is -0.788. The molecule has 0 radical (unpaired) electrons. The number of ether oxygens (including phenoxy) is 2. The molecule has 10 heteroatoms. The number of nitrogens with zero attached hydrogens (tertiary/aromatic N) is 2. The molecule has 0 aromatic heterocycles. The Morgan fingerprint density at radius 2 is 1.81 bits per heavy atom. The summed E-state index contributed by atoms with van der Waals surface area (Å²) in [6.07, 6.45) is -0.557. The van der Waals surface area contributed by atoms with Gasteiger partial charge in [-0.05, 0) is 38.5 Å². The van der Waals surface area contributed by atoms with E-state index in [1.54, 1.807) is 57.2 Å². The maximum absolute atomic E-state index is 13.1. The monoisotopic (exact) mass is 441 g/mol. The fourth-order valence-electron chi connectivity index (χ4n) is 2.70. The Labute approximate surface area is 186 Å². The van der Waals surface area contributed by atoms with Crippen LogP contribution in [0.5, 0.6) is 5.75 Å². The van der Waals surface area contributed by atoms with Crippen molar-refractivity contribution in [3.05, 3.63) is 60.2 Å². The number of carbonyl (C=O) groups is 3. The van der Waals surface area contributed by atoms with Crippen molar-refractivity contribution in [2.75, 3.05) is 0 Å². The van der Waals surface area contributed by atoms with Gasteiger partial charge in [0.15, 0.2) is 12.0 Å². The average molecular weight is 441 g/mol. The van der Waals surface area contributed by atoms with Crippen molar-refractivity contribution >= 4 is 30.1 Å². The van der Waals surface area contributed by atoms with Crippen LogP contribution in [0.15, 0.2) is 59.6 Å². The molecular formula is C22H27N5O5. The maximum atomic E-state index is 13.1. The van der Waals surface area contributed by atoms with E-state index in [1.165, 1.54) is 12.1 Å². The molecule has 2 rings (SSSR count). The van der Waals surface area contributed by atoms with E-state index < -0.39 is 23.7 Å². The summed E-state index contributed by atoms with van der Waals surface area (Å²) in [4.78, 5) is 41.0. The molecule has 2 amide bonds. The highest BCUT2D eigenvalue weighted by Crippen LogP contribution is 2.22. The van der Waals surface area contributed by atoms with Crippen molar-refractivity contribution in [3.63, 3.8) is 0 Å². The minimum atomic E-state index is -1.22. The van der Waals surface area contributed by atoms with E-state index in [0.717, 1.165) is 10.6 Å². The quantitative estimate of drug-likeness (QED) is 0.142. The van der Waals surface area contributed by atoms with Gasteiger partial charge in [0.1, 0.15) is 11.4 Å². The molecule has 1 atom stereocenters. The number of benzene rings is 2. The van der Waals surface area contributed by atoms with Crippen LogP contribution in [0, 0.1) is 0 Å². The first kappa shape index (κ1) is 24.2. The molecule has 0 aliphatic rings. The summed E-state index contributed by atoms with van der Waals surface area (Å²) in [7, 11) is 0. The van der Waals surface area contributed by atoms with Gasteiger partial charge < -0.3 is 20.9 Å². The lowest BCUT2D eigenvalue weighted by Crippen LogP contribution is -2.55. The smallest absolute Gasteiger partial charge is 0.430 e. The molecule has 0 spiro atoms. The van der Waals surface area contributed by atoms with Crippen molar-refractivity contribution in [3.8, 4) is 5.75 Å². The Hall–Kier alpha value is -4.08. The summed E-state index contributed by atoms with van der Waals surface area (Å²) in [5.41, 5.74) is 13.3. The Morgan fingerprint density at radius 3 is 2.41 bits per heavy atom. The van der Waals surface area contributed by atoms with Gasteiger partial charge in [-0.1, -0.05) is 36.4 Å². The van der Waals surface area contributed by atoms with Gasteiger partial charge in [-0.2, -0.15) is 0 Å². The number of hydrazine groups is 1. The van der Waals surface area contributed by atoms with Crippen LogP contribution < -0.4 is 21.6 Å². The van der Waals surface area contributed by atoms with E-state index in [-0.39, 0.29) is 24.5 Å². The molecule has 0 fully saturated rings. The van der Waals surface area contributed by atoms with Gasteiger partial charge in [0.05, 0.1) is 5.69 Å². The number of rotatable bonds is 8. The van der Waals surface area contributed by atoms with Gasteiger partial charge >= 0.3 is 12.1 Å². The van der Waals surface area contributed by atoms with E-state index in [4.69, 9.17) is 20.9 Å². The predicted molar refractivity (Wildman–Crippen MR) is 119 cm³/mol. The first-order chi connectivity index (χ1) is 15.1. The molecule has 2 aromatic carbocycles. The third-order valence-electron chi connectivity index (χ3n) is 3.93. The molecule has 0 unspecified atom stereocenters. The van der Waals surface area contributed by atoms with Gasteiger partial charge in [0.2, 0.25) is 6.41 Å². The summed E-state index contributed by atoms with van der Waals surface area (Å²) in [6.45, 7) is 5.01. The van der Waals surface area contributed by atoms with Gasteiger partial charge in [0, 0.05) is 12.5 Å². The summed E-state index contributed by atoms with van der Waals surface area (Å²) in [6, 6.07) is 14.0. The fraction of sp³-hybridized carbons (Fsp3) is 0.273. The highest BCUT2D eigenvalue weighted by Gasteiger charge is 2.35. The molecule has 0 saturated carbocycles. The molecule has 10 nitrogen and oxygen atoms in total. The number of nitrogens with one attached hydrogen (secondary N) is 1. The number of amides is 2. The average Bonchev–Trinajstić information content (AvgIpc) is 2.69. The van der Waals surface area contributed by atoms with Crippen molar-refractivity contribution in [1.82, 2.24) is 10.4 Å². The molecule has 0 bridgehead atoms. The lowest BCUT2D eigenvalue weighted by Gasteiger charge is -2.31. The van der Waals surface area contributed by atoms with Crippen molar-refractivity contribution in [1.29, 1.82) is 0 Å². The predicted octanol–water partition coefficient (Wildman–Crippen LogP) is 2.01. The molecule has 170 valence electrons. The molecule has 32 heavy (non-hydrogen) atoms. The summed E-state index contributed by atoms with van der Waals surface area (Å²) >= 11 is 0. The second-order valence-corrected chi connectivity index (χ2v) is 7.76. The largest absolute Gasteiger partial charge is 0.442 e. The zero-order valence-corrected chi connectivity index (χ0v) is 18.1. The van der Waals surface area contributed by atoms with E-state index in [2.05, 4.69) is 10.4 Å². The topological polar surface area (TPSA) is 149 Å². The zero-order valence-electron chi connectivity index (χ0n) is 18.1. The van der Waals surface area contributed by atoms with Crippen molar-refractivity contribution in [2.45, 2.75) is 38.8 Å². The first-order valence-electron chi connectivity index (χ1n) is 9.76. The van der Waals surface area contributed by atoms with Crippen LogP contribution in [0.4, 0.5) is 10.5 Å². The third-order valence-corrected chi connectivity index (χ3v) is 3.93. The summed E-state index contributed by atoms with van der Waals surface area (Å²) in [5, 5.41) is 0.813. The molecular weight excluding hydrogens is 414 g/mol. The normalized spacial score (nSPS) is 11.6. The zero-order chi connectivity index (χ0) is 23.7. The fourth-order valence-corrected chi connectivity index (χ4v) is 2.70. The molecule has 0 heterocycles. The molecule has 2 aromatic rings. The minimum absolute atomic E-state index is 0.0628. The van der Waals surface area contributed by atoms with Gasteiger partial charge in [-0.3, -0.25) is 10.2 Å². The van der Waals surface area contributed by atoms with Gasteiger partial charge in [-0.15, -0.1) is 0 Å². The Bertz CT molecular complexity index is 968. The number of esters is 1. The minimum Gasteiger partial charge on any atom is -0.442 e. The lowest BCUT2D eigenvalue weighted by molar-refractivity contribution is -0.142. The van der Waals surface area contributed by atoms with Crippen LogP contribution in [0.3, 0.4) is 0 Å². The SMILES string of the molecule is CC(C)(C)OC(=O)N(NC=O)[C@H](Cc1ccccc1)C(=O)Oc1cccc(N=C(N)N)c1. The van der Waals surface area contributed by atoms with E-state index >= 15 is 0 Å². The second kappa shape index (κ2) is 10.8. The molecule has 0 saturated heterocycles. The van der Waals surface area contributed by atoms with Crippen molar-refractivity contribution < 1.29 is 23.9 Å². The molecule has 0 aliphatic heterocycles. The van der Waals surface area contributed by atoms with Crippen molar-refractivity contribution in [2.24, 2.45) is 16.5 Å². The number of nitrogens with two attached hydrogens (primary N) is 2. The van der Waals surface area contributed by atoms with Gasteiger partial charge in [0.25, 0.3) is 0 Å². The van der Waals surface area contributed by atoms with Crippen LogP contribution >= 0.6 is 0 Å². The van der Waals surface area contributed by atoms with E-state index in [0.29, 0.717) is 5.69 Å². The summed E-state index contributed by atoms with van der Waals surface area (Å²) < 4.78 is 10.8. The molecule has 0 aliphatic carbocycles. The molecule has 5 N–H and O–H groups in total. The highest BCUT2D eigenvalue weighted by molar-refractivity contribution is 5.84. The number of aliphatic imine (C=N–C) groups is 1. The number of hydrogen-bond donors (Lipinski definition) is 3. The highest BCUT2D eigenvalue weighted by atomic mass is 16.6. The van der Waals surface area contributed by atoms with Crippen LogP contribution in [-0.4, -0.2) is 41.1 Å². The van der Waals surface area contributed by atoms with E-state index in [9.17, 15) is 14.4 Å².